The number of fused-ring (bicyclic) bond motifs is 2. The van der Waals surface area contributed by atoms with Gasteiger partial charge < -0.3 is 10.2 Å². The normalized spacial score (nSPS) is 18.4. The van der Waals surface area contributed by atoms with Gasteiger partial charge >= 0.3 is 11.9 Å². The first-order valence-electron chi connectivity index (χ1n) is 21.9. The summed E-state index contributed by atoms with van der Waals surface area (Å²) in [5, 5.41) is 15.2. The summed E-state index contributed by atoms with van der Waals surface area (Å²) in [4.78, 5) is 19.7. The van der Waals surface area contributed by atoms with Gasteiger partial charge in [-0.3, -0.25) is 27.9 Å². The standard InChI is InChI=1S/C46H52N4O16S5/c1-45(2)36-28-33(67-66-65-52)17-19-38(36)49(23-6-8-25-68(53,54)55)40(45)21-15-30-13-14-31(42(30)43(47-5)44(51)48-32-11-10-12-34(27-32)70(59,60)61)16-22-41-46(3,4)37-29-35(71(62,63)64)18-20-39(37)50(41)24-7-9-26-69(56,57)58/h10-12,15-22,27-29,43H,6-9,13-14,23-26H2,1-4H3,(H5-,48,51,52,53,54,55,56,57,58,59,60,61,62,63,64)/p+1. The van der Waals surface area contributed by atoms with Gasteiger partial charge in [0.2, 0.25) is 5.69 Å². The highest BCUT2D eigenvalue weighted by Crippen LogP contribution is 2.49. The number of hydrogen-bond acceptors (Lipinski definition) is 14. The molecule has 6 rings (SSSR count). The quantitative estimate of drug-likeness (QED) is 0.0114. The molecular formula is C46H53N4O16S5+. The molecule has 0 spiro atoms. The largest absolute Gasteiger partial charge is 0.344 e. The van der Waals surface area contributed by atoms with Crippen LogP contribution in [0.4, 0.5) is 17.1 Å². The Morgan fingerprint density at radius 3 is 2.11 bits per heavy atom. The summed E-state index contributed by atoms with van der Waals surface area (Å²) < 4.78 is 140. The Labute approximate surface area is 417 Å². The number of nitrogens with one attached hydrogen (secondary N) is 1. The monoisotopic (exact) mass is 1080 g/mol. The number of rotatable bonds is 21. The third-order valence-electron chi connectivity index (χ3n) is 12.5. The lowest BCUT2D eigenvalue weighted by molar-refractivity contribution is -0.438. The Morgan fingerprint density at radius 2 is 1.48 bits per heavy atom. The van der Waals surface area contributed by atoms with Gasteiger partial charge in [-0.25, -0.2) is 11.8 Å². The van der Waals surface area contributed by atoms with Gasteiger partial charge in [0.05, 0.1) is 44.3 Å². The highest BCUT2D eigenvalue weighted by Gasteiger charge is 2.45. The van der Waals surface area contributed by atoms with E-state index in [2.05, 4.69) is 19.5 Å². The van der Waals surface area contributed by atoms with Crippen LogP contribution >= 0.6 is 12.0 Å². The molecule has 1 aliphatic carbocycles. The van der Waals surface area contributed by atoms with Crippen molar-refractivity contribution < 1.29 is 75.9 Å². The average molecular weight is 1080 g/mol. The molecule has 0 bridgehead atoms. The van der Waals surface area contributed by atoms with Crippen molar-refractivity contribution in [1.29, 1.82) is 0 Å². The summed E-state index contributed by atoms with van der Waals surface area (Å²) in [6, 6.07) is 12.9. The molecule has 1 amide bonds. The molecule has 2 aliphatic heterocycles. The first-order valence-corrected chi connectivity index (χ1v) is 28.7. The van der Waals surface area contributed by atoms with E-state index in [1.54, 1.807) is 24.3 Å². The Kier molecular flexibility index (Phi) is 16.8. The van der Waals surface area contributed by atoms with Crippen LogP contribution in [0.3, 0.4) is 0 Å². The predicted octanol–water partition coefficient (Wildman–Crippen LogP) is 7.50. The van der Waals surface area contributed by atoms with Crippen molar-refractivity contribution in [3.05, 3.63) is 130 Å². The van der Waals surface area contributed by atoms with Crippen LogP contribution in [-0.4, -0.2) is 104 Å². The van der Waals surface area contributed by atoms with Gasteiger partial charge in [-0.05, 0) is 117 Å². The molecule has 3 aromatic rings. The summed E-state index contributed by atoms with van der Waals surface area (Å²) >= 11 is 0.769. The van der Waals surface area contributed by atoms with Crippen LogP contribution < -0.4 is 10.2 Å². The van der Waals surface area contributed by atoms with E-state index in [-0.39, 0.29) is 36.4 Å². The van der Waals surface area contributed by atoms with Crippen molar-refractivity contribution in [3.63, 3.8) is 0 Å². The van der Waals surface area contributed by atoms with E-state index in [0.717, 1.165) is 41.1 Å². The molecule has 20 nitrogen and oxygen atoms in total. The summed E-state index contributed by atoms with van der Waals surface area (Å²) in [6.45, 7) is 16.5. The molecule has 0 aromatic heterocycles. The number of hydrogen-bond donors (Lipinski definition) is 6. The molecule has 25 heteroatoms. The Bertz CT molecular complexity index is 3280. The van der Waals surface area contributed by atoms with Gasteiger partial charge in [0, 0.05) is 58.1 Å². The minimum atomic E-state index is -4.66. The molecule has 71 heavy (non-hydrogen) atoms. The van der Waals surface area contributed by atoms with Gasteiger partial charge in [0.25, 0.3) is 40.5 Å². The maximum atomic E-state index is 14.3. The maximum Gasteiger partial charge on any atom is 0.326 e. The SMILES string of the molecule is [C-]#[N+]C(C(=O)Nc1cccc(S(=O)(=O)O)c1)C1=C(C=CC2=[N+](CCCCS(=O)(=O)O)c3ccc(SOOO)cc3C2(C)C)CCC1=C/C=C1/N(CCCCS(=O)(=O)O)c2ccc(S(=O)(=O)O)cc2C1(C)C. The number of carbonyl (C=O) groups is 1. The molecule has 0 saturated carbocycles. The van der Waals surface area contributed by atoms with Crippen LogP contribution in [0.15, 0.2) is 122 Å². The highest BCUT2D eigenvalue weighted by atomic mass is 32.2. The molecule has 1 atom stereocenters. The lowest BCUT2D eigenvalue weighted by atomic mass is 9.81. The lowest BCUT2D eigenvalue weighted by Crippen LogP contribution is -2.28. The topological polar surface area (TPSA) is 296 Å². The molecule has 382 valence electrons. The molecule has 3 aromatic carbocycles. The summed E-state index contributed by atoms with van der Waals surface area (Å²) in [5.41, 5.74) is 3.88. The van der Waals surface area contributed by atoms with Crippen molar-refractivity contribution in [3.8, 4) is 0 Å². The Morgan fingerprint density at radius 1 is 0.817 bits per heavy atom. The zero-order valence-corrected chi connectivity index (χ0v) is 42.9. The van der Waals surface area contributed by atoms with Crippen molar-refractivity contribution in [2.24, 2.45) is 0 Å². The number of amides is 1. The van der Waals surface area contributed by atoms with E-state index in [1.807, 2.05) is 55.4 Å². The zero-order chi connectivity index (χ0) is 52.3. The van der Waals surface area contributed by atoms with Crippen LogP contribution in [0.1, 0.15) is 77.3 Å². The molecular weight excluding hydrogens is 1020 g/mol. The van der Waals surface area contributed by atoms with E-state index in [0.29, 0.717) is 64.4 Å². The van der Waals surface area contributed by atoms with Gasteiger partial charge in [-0.2, -0.15) is 38.2 Å². The first-order chi connectivity index (χ1) is 33.1. The van der Waals surface area contributed by atoms with Crippen molar-refractivity contribution >= 4 is 81.2 Å². The van der Waals surface area contributed by atoms with Crippen LogP contribution in [0.2, 0.25) is 0 Å². The second kappa shape index (κ2) is 21.6. The number of benzene rings is 3. The highest BCUT2D eigenvalue weighted by molar-refractivity contribution is 7.94. The number of allylic oxidation sites excluding steroid dienone is 6. The third-order valence-corrected chi connectivity index (χ3v) is 16.4. The molecule has 0 fully saturated rings. The number of nitrogens with zero attached hydrogens (tertiary/aromatic N) is 3. The van der Waals surface area contributed by atoms with Crippen LogP contribution in [0.25, 0.3) is 4.85 Å². The van der Waals surface area contributed by atoms with Crippen molar-refractivity contribution in [2.75, 3.05) is 34.8 Å². The third kappa shape index (κ3) is 13.1. The van der Waals surface area contributed by atoms with Gasteiger partial charge in [0.1, 0.15) is 6.54 Å². The fraction of sp³-hybridized carbons (Fsp3) is 0.370. The van der Waals surface area contributed by atoms with E-state index >= 15 is 0 Å². The molecule has 3 aliphatic rings. The second-order valence-corrected chi connectivity index (χ2v) is 24.8. The van der Waals surface area contributed by atoms with Crippen molar-refractivity contribution in [1.82, 2.24) is 0 Å². The maximum absolute atomic E-state index is 14.3. The van der Waals surface area contributed by atoms with Crippen molar-refractivity contribution in [2.45, 2.75) is 97.8 Å². The fourth-order valence-corrected chi connectivity index (χ4v) is 11.7. The predicted molar refractivity (Wildman–Crippen MR) is 265 cm³/mol. The molecule has 0 radical (unpaired) electrons. The molecule has 2 heterocycles. The Balaban J connectivity index is 1.49. The van der Waals surface area contributed by atoms with E-state index in [1.165, 1.54) is 30.3 Å². The van der Waals surface area contributed by atoms with Crippen LogP contribution in [0, 0.1) is 6.57 Å². The number of anilines is 2. The fourth-order valence-electron chi connectivity index (χ4n) is 9.17. The number of carbonyl (C=O) groups excluding carboxylic acids is 1. The summed E-state index contributed by atoms with van der Waals surface area (Å²) in [7, 11) is -17.8. The minimum Gasteiger partial charge on any atom is -0.344 e. The van der Waals surface area contributed by atoms with Crippen LogP contribution in [0.5, 0.6) is 0 Å². The molecule has 0 saturated heterocycles. The summed E-state index contributed by atoms with van der Waals surface area (Å²) in [5.74, 6) is -1.75. The smallest absolute Gasteiger partial charge is 0.326 e. The second-order valence-electron chi connectivity index (χ2n) is 18.0. The van der Waals surface area contributed by atoms with Gasteiger partial charge in [-0.15, -0.1) is 4.33 Å². The lowest BCUT2D eigenvalue weighted by Gasteiger charge is -2.27. The van der Waals surface area contributed by atoms with Gasteiger partial charge in [0.15, 0.2) is 5.71 Å². The Hall–Kier alpha value is -5.08. The van der Waals surface area contributed by atoms with Gasteiger partial charge in [-0.1, -0.05) is 37.1 Å². The first kappa shape index (κ1) is 55.2. The van der Waals surface area contributed by atoms with E-state index in [9.17, 15) is 56.7 Å². The van der Waals surface area contributed by atoms with E-state index < -0.39 is 79.7 Å². The minimum absolute atomic E-state index is 0.0133. The summed E-state index contributed by atoms with van der Waals surface area (Å²) in [6.07, 6.45) is 8.70. The molecule has 1 unspecified atom stereocenters. The van der Waals surface area contributed by atoms with E-state index in [4.69, 9.17) is 11.8 Å². The number of unbranched alkanes of at least 4 members (excludes halogenated alkanes) is 2. The average Bonchev–Trinajstić information content (AvgIpc) is 3.83. The zero-order valence-electron chi connectivity index (χ0n) is 38.8. The van der Waals surface area contributed by atoms with Crippen LogP contribution in [-0.2, 0) is 65.5 Å². The molecule has 6 N–H and O–H groups in total.